The quantitative estimate of drug-likeness (QED) is 0.310. The van der Waals surface area contributed by atoms with Crippen LogP contribution in [0.15, 0.2) is 109 Å². The summed E-state index contributed by atoms with van der Waals surface area (Å²) in [4.78, 5) is 6.91. The van der Waals surface area contributed by atoms with E-state index in [-0.39, 0.29) is 12.1 Å². The van der Waals surface area contributed by atoms with Gasteiger partial charge in [-0.15, -0.1) is 0 Å². The van der Waals surface area contributed by atoms with E-state index in [9.17, 15) is 0 Å². The van der Waals surface area contributed by atoms with Gasteiger partial charge in [0.05, 0.1) is 11.7 Å². The molecule has 1 aliphatic rings. The van der Waals surface area contributed by atoms with E-state index in [0.717, 1.165) is 22.8 Å². The van der Waals surface area contributed by atoms with Gasteiger partial charge in [0.25, 0.3) is 0 Å². The Labute approximate surface area is 204 Å². The average molecular weight is 461 g/mol. The summed E-state index contributed by atoms with van der Waals surface area (Å²) in [7, 11) is 0. The number of hydrogen-bond acceptors (Lipinski definition) is 2. The second-order valence-electron chi connectivity index (χ2n) is 8.67. The molecule has 0 spiro atoms. The SMILES string of the molecule is Cc1ccc(N2C(=S)N[C@H](c3ccccn3)[C@@H]2c2cccn2-c2ccc3ccccc3c2)cc1. The number of nitrogens with zero attached hydrogens (tertiary/aromatic N) is 3. The number of hydrogen-bond donors (Lipinski definition) is 1. The van der Waals surface area contributed by atoms with Gasteiger partial charge in [0.1, 0.15) is 6.04 Å². The largest absolute Gasteiger partial charge is 0.351 e. The van der Waals surface area contributed by atoms with Gasteiger partial charge < -0.3 is 14.8 Å². The van der Waals surface area contributed by atoms with E-state index in [2.05, 4.69) is 118 Å². The van der Waals surface area contributed by atoms with E-state index in [0.29, 0.717) is 5.11 Å². The van der Waals surface area contributed by atoms with Crippen LogP contribution in [0.3, 0.4) is 0 Å². The summed E-state index contributed by atoms with van der Waals surface area (Å²) in [6, 6.07) is 33.8. The van der Waals surface area contributed by atoms with Crippen LogP contribution in [0.25, 0.3) is 16.5 Å². The smallest absolute Gasteiger partial charge is 0.174 e. The number of fused-ring (bicyclic) bond motifs is 1. The van der Waals surface area contributed by atoms with Crippen LogP contribution in [0.2, 0.25) is 0 Å². The van der Waals surface area contributed by atoms with Gasteiger partial charge in [0.15, 0.2) is 5.11 Å². The average Bonchev–Trinajstić information content (AvgIpc) is 3.49. The molecule has 0 aliphatic carbocycles. The molecule has 0 bridgehead atoms. The Balaban J connectivity index is 1.51. The summed E-state index contributed by atoms with van der Waals surface area (Å²) in [5.41, 5.74) is 5.53. The highest BCUT2D eigenvalue weighted by Crippen LogP contribution is 2.42. The molecule has 1 aliphatic heterocycles. The lowest BCUT2D eigenvalue weighted by Crippen LogP contribution is -2.30. The number of aryl methyl sites for hydroxylation is 1. The molecule has 0 unspecified atom stereocenters. The molecular formula is C29H24N4S. The topological polar surface area (TPSA) is 33.1 Å². The van der Waals surface area contributed by atoms with Gasteiger partial charge in [0, 0.05) is 29.5 Å². The van der Waals surface area contributed by atoms with E-state index in [1.165, 1.54) is 16.3 Å². The summed E-state index contributed by atoms with van der Waals surface area (Å²) in [5.74, 6) is 0. The Morgan fingerprint density at radius 1 is 0.794 bits per heavy atom. The lowest BCUT2D eigenvalue weighted by molar-refractivity contribution is 0.549. The van der Waals surface area contributed by atoms with E-state index in [4.69, 9.17) is 12.2 Å². The normalized spacial score (nSPS) is 17.8. The number of pyridine rings is 1. The number of thiocarbonyl (C=S) groups is 1. The van der Waals surface area contributed by atoms with Crippen LogP contribution in [0.5, 0.6) is 0 Å². The second kappa shape index (κ2) is 8.43. The van der Waals surface area contributed by atoms with Gasteiger partial charge in [-0.3, -0.25) is 4.98 Å². The van der Waals surface area contributed by atoms with Crippen molar-refractivity contribution in [2.24, 2.45) is 0 Å². The Hall–Kier alpha value is -3.96. The fourth-order valence-electron chi connectivity index (χ4n) is 4.84. The molecule has 0 saturated carbocycles. The number of aromatic nitrogens is 2. The van der Waals surface area contributed by atoms with Crippen molar-refractivity contribution in [3.63, 3.8) is 0 Å². The molecule has 5 aromatic rings. The van der Waals surface area contributed by atoms with E-state index >= 15 is 0 Å². The third-order valence-electron chi connectivity index (χ3n) is 6.50. The molecule has 0 radical (unpaired) electrons. The zero-order valence-corrected chi connectivity index (χ0v) is 19.6. The first-order chi connectivity index (χ1) is 16.7. The Kier molecular flexibility index (Phi) is 5.12. The van der Waals surface area contributed by atoms with Gasteiger partial charge in [-0.05, 0) is 78.4 Å². The maximum Gasteiger partial charge on any atom is 0.174 e. The highest BCUT2D eigenvalue weighted by atomic mass is 32.1. The molecule has 166 valence electrons. The molecule has 2 atom stereocenters. The minimum absolute atomic E-state index is 0.0634. The van der Waals surface area contributed by atoms with Crippen molar-refractivity contribution in [2.75, 3.05) is 4.90 Å². The molecule has 0 amide bonds. The van der Waals surface area contributed by atoms with Crippen LogP contribution in [-0.4, -0.2) is 14.7 Å². The molecule has 4 nitrogen and oxygen atoms in total. The monoisotopic (exact) mass is 460 g/mol. The van der Waals surface area contributed by atoms with E-state index in [1.54, 1.807) is 0 Å². The fraction of sp³-hybridized carbons (Fsp3) is 0.103. The van der Waals surface area contributed by atoms with Crippen molar-refractivity contribution in [2.45, 2.75) is 19.0 Å². The van der Waals surface area contributed by atoms with Gasteiger partial charge in [-0.2, -0.15) is 0 Å². The summed E-state index contributed by atoms with van der Waals surface area (Å²) in [5, 5.41) is 6.72. The van der Waals surface area contributed by atoms with Gasteiger partial charge >= 0.3 is 0 Å². The fourth-order valence-corrected chi connectivity index (χ4v) is 5.18. The third-order valence-corrected chi connectivity index (χ3v) is 6.82. The van der Waals surface area contributed by atoms with E-state index in [1.807, 2.05) is 18.3 Å². The van der Waals surface area contributed by atoms with Crippen LogP contribution in [-0.2, 0) is 0 Å². The zero-order chi connectivity index (χ0) is 23.1. The highest BCUT2D eigenvalue weighted by molar-refractivity contribution is 7.80. The Morgan fingerprint density at radius 2 is 1.56 bits per heavy atom. The van der Waals surface area contributed by atoms with E-state index < -0.39 is 0 Å². The number of nitrogens with one attached hydrogen (secondary N) is 1. The molecule has 1 fully saturated rings. The standard InChI is InChI=1S/C29H24N4S/c1-20-11-14-23(15-12-20)33-28(27(31-29(33)34)25-9-4-5-17-30-25)26-10-6-18-32(26)24-16-13-21-7-2-3-8-22(21)19-24/h2-19,27-28H,1H3,(H,31,34)/t27-,28+/m1/s1. The minimum Gasteiger partial charge on any atom is -0.351 e. The molecule has 34 heavy (non-hydrogen) atoms. The van der Waals surface area contributed by atoms with Crippen LogP contribution in [0.1, 0.15) is 29.0 Å². The first-order valence-corrected chi connectivity index (χ1v) is 11.8. The summed E-state index contributed by atoms with van der Waals surface area (Å²) in [6.07, 6.45) is 3.97. The first kappa shape index (κ1) is 20.6. The summed E-state index contributed by atoms with van der Waals surface area (Å²) < 4.78 is 2.27. The number of anilines is 1. The van der Waals surface area contributed by atoms with Crippen molar-refractivity contribution in [1.29, 1.82) is 0 Å². The van der Waals surface area contributed by atoms with Crippen molar-refractivity contribution in [3.05, 3.63) is 126 Å². The highest BCUT2D eigenvalue weighted by Gasteiger charge is 2.42. The number of benzene rings is 3. The maximum atomic E-state index is 5.88. The van der Waals surface area contributed by atoms with Crippen LogP contribution >= 0.6 is 12.2 Å². The number of rotatable bonds is 4. The summed E-state index contributed by atoms with van der Waals surface area (Å²) in [6.45, 7) is 2.10. The predicted octanol–water partition coefficient (Wildman–Crippen LogP) is 6.51. The van der Waals surface area contributed by atoms with Crippen molar-refractivity contribution < 1.29 is 0 Å². The lowest BCUT2D eigenvalue weighted by atomic mass is 10.0. The van der Waals surface area contributed by atoms with Gasteiger partial charge in [-0.25, -0.2) is 0 Å². The molecular weight excluding hydrogens is 436 g/mol. The third kappa shape index (κ3) is 3.55. The lowest BCUT2D eigenvalue weighted by Gasteiger charge is -2.29. The predicted molar refractivity (Wildman–Crippen MR) is 142 cm³/mol. The molecule has 1 N–H and O–H groups in total. The van der Waals surface area contributed by atoms with Gasteiger partial charge in [0.2, 0.25) is 0 Å². The Bertz CT molecular complexity index is 1470. The van der Waals surface area contributed by atoms with Crippen LogP contribution < -0.4 is 10.2 Å². The molecule has 6 rings (SSSR count). The first-order valence-electron chi connectivity index (χ1n) is 11.4. The maximum absolute atomic E-state index is 5.88. The minimum atomic E-state index is -0.0795. The van der Waals surface area contributed by atoms with Crippen molar-refractivity contribution >= 4 is 33.8 Å². The Morgan fingerprint density at radius 3 is 2.35 bits per heavy atom. The second-order valence-corrected chi connectivity index (χ2v) is 9.05. The van der Waals surface area contributed by atoms with Crippen LogP contribution in [0, 0.1) is 6.92 Å². The zero-order valence-electron chi connectivity index (χ0n) is 18.8. The molecule has 3 heterocycles. The molecule has 1 saturated heterocycles. The molecule has 2 aromatic heterocycles. The van der Waals surface area contributed by atoms with Crippen molar-refractivity contribution in [3.8, 4) is 5.69 Å². The molecule has 3 aromatic carbocycles. The van der Waals surface area contributed by atoms with Crippen LogP contribution in [0.4, 0.5) is 5.69 Å². The van der Waals surface area contributed by atoms with Gasteiger partial charge in [-0.1, -0.05) is 54.1 Å². The molecule has 5 heteroatoms. The summed E-state index contributed by atoms with van der Waals surface area (Å²) >= 11 is 5.88. The van der Waals surface area contributed by atoms with Crippen molar-refractivity contribution in [1.82, 2.24) is 14.9 Å².